The van der Waals surface area contributed by atoms with Crippen LogP contribution in [-0.2, 0) is 11.2 Å². The minimum atomic E-state index is -0.219. The van der Waals surface area contributed by atoms with Crippen LogP contribution in [0, 0.1) is 5.82 Å². The Morgan fingerprint density at radius 3 is 2.58 bits per heavy atom. The minimum Gasteiger partial charge on any atom is -0.355 e. The van der Waals surface area contributed by atoms with Gasteiger partial charge in [0, 0.05) is 6.54 Å². The average Bonchev–Trinajstić information content (AvgIpc) is 2.42. The molecule has 0 heterocycles. The molecule has 106 valence electrons. The van der Waals surface area contributed by atoms with E-state index in [1.807, 2.05) is 0 Å². The molecule has 1 amide bonds. The Hall–Kier alpha value is -1.42. The monoisotopic (exact) mass is 266 g/mol. The van der Waals surface area contributed by atoms with Crippen molar-refractivity contribution >= 4 is 5.91 Å². The number of carbonyl (C=O) groups is 1. The highest BCUT2D eigenvalue weighted by Crippen LogP contribution is 2.02. The van der Waals surface area contributed by atoms with E-state index in [9.17, 15) is 9.18 Å². The van der Waals surface area contributed by atoms with Gasteiger partial charge in [0.05, 0.1) is 6.54 Å². The summed E-state index contributed by atoms with van der Waals surface area (Å²) in [5.74, 6) is -0.182. The van der Waals surface area contributed by atoms with Crippen molar-refractivity contribution in [1.82, 2.24) is 10.6 Å². The molecule has 0 aliphatic carbocycles. The van der Waals surface area contributed by atoms with Crippen LogP contribution in [0.3, 0.4) is 0 Å². The summed E-state index contributed by atoms with van der Waals surface area (Å²) in [7, 11) is 0. The van der Waals surface area contributed by atoms with E-state index in [0.29, 0.717) is 13.1 Å². The molecule has 0 fully saturated rings. The first-order valence-corrected chi connectivity index (χ1v) is 6.94. The van der Waals surface area contributed by atoms with Gasteiger partial charge in [-0.05, 0) is 37.1 Å². The van der Waals surface area contributed by atoms with Gasteiger partial charge in [0.2, 0.25) is 5.91 Å². The predicted molar refractivity (Wildman–Crippen MR) is 75.5 cm³/mol. The topological polar surface area (TPSA) is 41.1 Å². The van der Waals surface area contributed by atoms with Crippen molar-refractivity contribution in [1.29, 1.82) is 0 Å². The maximum absolute atomic E-state index is 12.7. The minimum absolute atomic E-state index is 0.0372. The third kappa shape index (κ3) is 7.57. The molecule has 0 atom stereocenters. The number of nitrogens with one attached hydrogen (secondary N) is 2. The number of hydrogen-bond acceptors (Lipinski definition) is 2. The van der Waals surface area contributed by atoms with Gasteiger partial charge in [-0.1, -0.05) is 31.9 Å². The van der Waals surface area contributed by atoms with Crippen molar-refractivity contribution < 1.29 is 9.18 Å². The molecule has 0 aromatic heterocycles. The van der Waals surface area contributed by atoms with Crippen molar-refractivity contribution in [2.75, 3.05) is 19.6 Å². The van der Waals surface area contributed by atoms with Gasteiger partial charge in [0.1, 0.15) is 5.82 Å². The number of amides is 1. The Morgan fingerprint density at radius 1 is 1.16 bits per heavy atom. The van der Waals surface area contributed by atoms with E-state index in [2.05, 4.69) is 17.6 Å². The van der Waals surface area contributed by atoms with E-state index in [1.165, 1.54) is 12.1 Å². The van der Waals surface area contributed by atoms with Crippen LogP contribution in [0.4, 0.5) is 4.39 Å². The number of hydrogen-bond donors (Lipinski definition) is 2. The smallest absolute Gasteiger partial charge is 0.233 e. The average molecular weight is 266 g/mol. The highest BCUT2D eigenvalue weighted by Gasteiger charge is 1.99. The summed E-state index contributed by atoms with van der Waals surface area (Å²) in [4.78, 5) is 11.4. The summed E-state index contributed by atoms with van der Waals surface area (Å²) >= 11 is 0. The highest BCUT2D eigenvalue weighted by atomic mass is 19.1. The van der Waals surface area contributed by atoms with Crippen LogP contribution in [0.5, 0.6) is 0 Å². The van der Waals surface area contributed by atoms with Gasteiger partial charge in [-0.2, -0.15) is 0 Å². The Labute approximate surface area is 114 Å². The summed E-state index contributed by atoms with van der Waals surface area (Å²) in [6, 6.07) is 6.44. The second kappa shape index (κ2) is 9.50. The first-order chi connectivity index (χ1) is 9.22. The number of rotatable bonds is 9. The molecule has 1 aromatic rings. The first-order valence-electron chi connectivity index (χ1n) is 6.94. The fourth-order valence-electron chi connectivity index (χ4n) is 1.75. The summed E-state index contributed by atoms with van der Waals surface area (Å²) in [6.07, 6.45) is 4.14. The van der Waals surface area contributed by atoms with Gasteiger partial charge < -0.3 is 10.6 Å². The van der Waals surface area contributed by atoms with E-state index in [-0.39, 0.29) is 11.7 Å². The molecule has 19 heavy (non-hydrogen) atoms. The Bertz CT molecular complexity index is 365. The lowest BCUT2D eigenvalue weighted by Gasteiger charge is -2.06. The highest BCUT2D eigenvalue weighted by molar-refractivity contribution is 5.77. The largest absolute Gasteiger partial charge is 0.355 e. The van der Waals surface area contributed by atoms with Crippen LogP contribution in [-0.4, -0.2) is 25.5 Å². The molecule has 0 saturated heterocycles. The number of carbonyl (C=O) groups excluding carboxylic acids is 1. The molecular weight excluding hydrogens is 243 g/mol. The molecule has 0 aliphatic rings. The first kappa shape index (κ1) is 15.6. The van der Waals surface area contributed by atoms with Gasteiger partial charge in [-0.15, -0.1) is 0 Å². The van der Waals surface area contributed by atoms with Crippen LogP contribution in [0.1, 0.15) is 31.7 Å². The SMILES string of the molecule is CCCCCNC(=O)CNCCc1ccc(F)cc1. The van der Waals surface area contributed by atoms with Crippen molar-refractivity contribution in [3.05, 3.63) is 35.6 Å². The van der Waals surface area contributed by atoms with Gasteiger partial charge in [0.15, 0.2) is 0 Å². The summed E-state index contributed by atoms with van der Waals surface area (Å²) in [5, 5.41) is 5.96. The van der Waals surface area contributed by atoms with Crippen molar-refractivity contribution in [2.24, 2.45) is 0 Å². The Morgan fingerprint density at radius 2 is 1.89 bits per heavy atom. The van der Waals surface area contributed by atoms with Crippen LogP contribution in [0.2, 0.25) is 0 Å². The van der Waals surface area contributed by atoms with E-state index in [0.717, 1.165) is 37.8 Å². The fraction of sp³-hybridized carbons (Fsp3) is 0.533. The number of unbranched alkanes of at least 4 members (excludes halogenated alkanes) is 2. The van der Waals surface area contributed by atoms with Gasteiger partial charge in [-0.3, -0.25) is 4.79 Å². The molecule has 0 saturated carbocycles. The molecule has 3 nitrogen and oxygen atoms in total. The van der Waals surface area contributed by atoms with E-state index < -0.39 is 0 Å². The number of halogens is 1. The standard InChI is InChI=1S/C15H23FN2O/c1-2-3-4-10-18-15(19)12-17-11-9-13-5-7-14(16)8-6-13/h5-8,17H,2-4,9-12H2,1H3,(H,18,19). The molecule has 1 aromatic carbocycles. The summed E-state index contributed by atoms with van der Waals surface area (Å²) in [6.45, 7) is 3.95. The lowest BCUT2D eigenvalue weighted by Crippen LogP contribution is -2.35. The van der Waals surface area contributed by atoms with E-state index >= 15 is 0 Å². The second-order valence-corrected chi connectivity index (χ2v) is 4.61. The molecule has 1 rings (SSSR count). The molecule has 0 aliphatic heterocycles. The van der Waals surface area contributed by atoms with Crippen molar-refractivity contribution in [2.45, 2.75) is 32.6 Å². The Kier molecular flexibility index (Phi) is 7.82. The van der Waals surface area contributed by atoms with Gasteiger partial charge >= 0.3 is 0 Å². The van der Waals surface area contributed by atoms with Gasteiger partial charge in [-0.25, -0.2) is 4.39 Å². The molecule has 0 spiro atoms. The van der Waals surface area contributed by atoms with Gasteiger partial charge in [0.25, 0.3) is 0 Å². The molecule has 0 radical (unpaired) electrons. The van der Waals surface area contributed by atoms with E-state index in [4.69, 9.17) is 0 Å². The zero-order chi connectivity index (χ0) is 13.9. The molecule has 4 heteroatoms. The van der Waals surface area contributed by atoms with Crippen LogP contribution in [0.25, 0.3) is 0 Å². The normalized spacial score (nSPS) is 10.4. The second-order valence-electron chi connectivity index (χ2n) is 4.61. The van der Waals surface area contributed by atoms with Crippen LogP contribution >= 0.6 is 0 Å². The maximum Gasteiger partial charge on any atom is 0.233 e. The molecule has 2 N–H and O–H groups in total. The number of benzene rings is 1. The summed E-state index contributed by atoms with van der Waals surface area (Å²) in [5.41, 5.74) is 1.07. The Balaban J connectivity index is 2.03. The van der Waals surface area contributed by atoms with Crippen LogP contribution < -0.4 is 10.6 Å². The van der Waals surface area contributed by atoms with E-state index in [1.54, 1.807) is 12.1 Å². The van der Waals surface area contributed by atoms with Crippen molar-refractivity contribution in [3.8, 4) is 0 Å². The quantitative estimate of drug-likeness (QED) is 0.673. The zero-order valence-corrected chi connectivity index (χ0v) is 11.5. The lowest BCUT2D eigenvalue weighted by atomic mass is 10.1. The zero-order valence-electron chi connectivity index (χ0n) is 11.5. The predicted octanol–water partition coefficient (Wildman–Crippen LogP) is 2.26. The van der Waals surface area contributed by atoms with Crippen molar-refractivity contribution in [3.63, 3.8) is 0 Å². The third-order valence-corrected chi connectivity index (χ3v) is 2.89. The molecule has 0 bridgehead atoms. The molecular formula is C15H23FN2O. The lowest BCUT2D eigenvalue weighted by molar-refractivity contribution is -0.120. The maximum atomic E-state index is 12.7. The summed E-state index contributed by atoms with van der Waals surface area (Å²) < 4.78 is 12.7. The third-order valence-electron chi connectivity index (χ3n) is 2.89. The van der Waals surface area contributed by atoms with Crippen LogP contribution in [0.15, 0.2) is 24.3 Å². The molecule has 0 unspecified atom stereocenters. The fourth-order valence-corrected chi connectivity index (χ4v) is 1.75.